The average molecular weight is 570 g/mol. The molecule has 1 aliphatic heterocycles. The lowest BCUT2D eigenvalue weighted by molar-refractivity contribution is -0.384. The maximum atomic E-state index is 13.5. The zero-order valence-corrected chi connectivity index (χ0v) is 24.0. The van der Waals surface area contributed by atoms with Crippen molar-refractivity contribution in [1.82, 2.24) is 4.90 Å². The fraction of sp³-hybridized carbons (Fsp3) is 0.577. The third-order valence-corrected chi connectivity index (χ3v) is 7.01. The molecule has 1 aromatic rings. The van der Waals surface area contributed by atoms with E-state index < -0.39 is 32.7 Å². The summed E-state index contributed by atoms with van der Waals surface area (Å²) in [6.45, 7) is 9.12. The van der Waals surface area contributed by atoms with Crippen LogP contribution >= 0.6 is 0 Å². The number of nitrogens with zero attached hydrogens (tertiary/aromatic N) is 2. The molecule has 13 heteroatoms. The molecule has 39 heavy (non-hydrogen) atoms. The molecule has 1 heterocycles. The van der Waals surface area contributed by atoms with Crippen LogP contribution in [0.25, 0.3) is 0 Å². The van der Waals surface area contributed by atoms with Gasteiger partial charge in [0.2, 0.25) is 5.91 Å². The van der Waals surface area contributed by atoms with Crippen LogP contribution in [0, 0.1) is 21.6 Å². The first-order chi connectivity index (χ1) is 18.3. The van der Waals surface area contributed by atoms with Crippen molar-refractivity contribution in [2.45, 2.75) is 73.2 Å². The van der Waals surface area contributed by atoms with Crippen LogP contribution in [0.4, 0.5) is 5.69 Å². The largest absolute Gasteiger partial charge is 0.456 e. The van der Waals surface area contributed by atoms with E-state index in [2.05, 4.69) is 0 Å². The third kappa shape index (κ3) is 7.76. The predicted molar refractivity (Wildman–Crippen MR) is 141 cm³/mol. The van der Waals surface area contributed by atoms with Gasteiger partial charge in [-0.25, -0.2) is 4.79 Å². The molecule has 0 spiro atoms. The molecule has 1 unspecified atom stereocenters. The molecule has 217 valence electrons. The molecule has 0 saturated carbocycles. The standard InChI is InChI=1S/C26H37N2O10S/c1-7-22-26(8-2,9-3)25(30)27(22)23(21(38-39(6,33)34)15-16-36-18(5)35-10-4)24(29)37-17-19-11-13-20(14-12-19)28(31)32/h11-14,18H,7-10,15-17H2,1-6H3. The Kier molecular flexibility index (Phi) is 11.4. The van der Waals surface area contributed by atoms with Gasteiger partial charge in [0.05, 0.1) is 29.2 Å². The number of ether oxygens (including phenoxy) is 3. The van der Waals surface area contributed by atoms with Gasteiger partial charge in [-0.2, -0.15) is 8.42 Å². The zero-order valence-electron chi connectivity index (χ0n) is 23.2. The van der Waals surface area contributed by atoms with E-state index >= 15 is 0 Å². The monoisotopic (exact) mass is 569 g/mol. The molecule has 0 bridgehead atoms. The highest BCUT2D eigenvalue weighted by Crippen LogP contribution is 2.54. The Labute approximate surface area is 229 Å². The number of carbonyl (C=O) groups excluding carboxylic acids is 2. The van der Waals surface area contributed by atoms with Crippen molar-refractivity contribution in [2.75, 3.05) is 19.5 Å². The highest BCUT2D eigenvalue weighted by molar-refractivity contribution is 7.86. The molecule has 1 atom stereocenters. The van der Waals surface area contributed by atoms with Crippen molar-refractivity contribution in [3.05, 3.63) is 57.4 Å². The van der Waals surface area contributed by atoms with Crippen LogP contribution in [-0.4, -0.2) is 55.9 Å². The van der Waals surface area contributed by atoms with Crippen molar-refractivity contribution in [2.24, 2.45) is 5.41 Å². The molecule has 1 aromatic carbocycles. The first kappa shape index (κ1) is 32.2. The minimum atomic E-state index is -4.11. The Balaban J connectivity index is 2.49. The second-order valence-corrected chi connectivity index (χ2v) is 10.5. The Morgan fingerprint density at radius 1 is 1.10 bits per heavy atom. The Morgan fingerprint density at radius 2 is 1.72 bits per heavy atom. The maximum Gasteiger partial charge on any atom is 0.359 e. The van der Waals surface area contributed by atoms with Crippen LogP contribution in [0.3, 0.4) is 0 Å². The van der Waals surface area contributed by atoms with E-state index in [0.29, 0.717) is 37.5 Å². The van der Waals surface area contributed by atoms with Gasteiger partial charge in [-0.15, -0.1) is 0 Å². The number of amides is 1. The number of esters is 1. The SMILES string of the molecule is CCOC(C)OCCC(OS(C)(=O)=O)=C(C(=O)OCc1ccc([N+](=O)[O-])cc1)N1[C](CC)C(CC)(CC)C1=O. The second kappa shape index (κ2) is 13.9. The van der Waals surface area contributed by atoms with Gasteiger partial charge in [0.15, 0.2) is 17.7 Å². The van der Waals surface area contributed by atoms with Crippen LogP contribution in [-0.2, 0) is 44.7 Å². The molecular weight excluding hydrogens is 532 g/mol. The summed E-state index contributed by atoms with van der Waals surface area (Å²) < 4.78 is 46.0. The maximum absolute atomic E-state index is 13.5. The summed E-state index contributed by atoms with van der Waals surface area (Å²) in [7, 11) is -4.11. The van der Waals surface area contributed by atoms with E-state index in [9.17, 15) is 28.1 Å². The predicted octanol–water partition coefficient (Wildman–Crippen LogP) is 4.21. The average Bonchev–Trinajstić information content (AvgIpc) is 2.88. The smallest absolute Gasteiger partial charge is 0.359 e. The van der Waals surface area contributed by atoms with Crippen molar-refractivity contribution >= 4 is 27.7 Å². The molecular formula is C26H37N2O10S. The quantitative estimate of drug-likeness (QED) is 0.0414. The van der Waals surface area contributed by atoms with E-state index in [1.165, 1.54) is 29.2 Å². The zero-order chi connectivity index (χ0) is 29.4. The van der Waals surface area contributed by atoms with Gasteiger partial charge in [0.25, 0.3) is 5.69 Å². The number of rotatable bonds is 16. The molecule has 0 aliphatic carbocycles. The summed E-state index contributed by atoms with van der Waals surface area (Å²) >= 11 is 0. The molecule has 0 N–H and O–H groups in total. The third-order valence-electron chi connectivity index (χ3n) is 6.51. The van der Waals surface area contributed by atoms with Crippen molar-refractivity contribution < 1.29 is 41.3 Å². The molecule has 1 aliphatic rings. The highest BCUT2D eigenvalue weighted by Gasteiger charge is 2.61. The number of hydrogen-bond acceptors (Lipinski definition) is 10. The van der Waals surface area contributed by atoms with E-state index in [4.69, 9.17) is 18.4 Å². The van der Waals surface area contributed by atoms with Gasteiger partial charge in [0, 0.05) is 25.2 Å². The number of benzene rings is 1. The summed E-state index contributed by atoms with van der Waals surface area (Å²) in [5, 5.41) is 10.9. The topological polar surface area (TPSA) is 152 Å². The number of nitro benzene ring substituents is 1. The molecule has 1 fully saturated rings. The lowest BCUT2D eigenvalue weighted by Crippen LogP contribution is -2.63. The molecule has 1 radical (unpaired) electrons. The van der Waals surface area contributed by atoms with E-state index in [1.54, 1.807) is 13.8 Å². The van der Waals surface area contributed by atoms with Crippen LogP contribution in [0.1, 0.15) is 65.9 Å². The van der Waals surface area contributed by atoms with Gasteiger partial charge in [0.1, 0.15) is 6.61 Å². The van der Waals surface area contributed by atoms with Crippen molar-refractivity contribution in [1.29, 1.82) is 0 Å². The summed E-state index contributed by atoms with van der Waals surface area (Å²) in [5.41, 5.74) is -0.790. The Hall–Kier alpha value is -3.03. The molecule has 12 nitrogen and oxygen atoms in total. The first-order valence-electron chi connectivity index (χ1n) is 12.8. The highest BCUT2D eigenvalue weighted by atomic mass is 32.2. The number of nitro groups is 1. The van der Waals surface area contributed by atoms with Gasteiger partial charge in [-0.1, -0.05) is 20.8 Å². The first-order valence-corrected chi connectivity index (χ1v) is 14.6. The van der Waals surface area contributed by atoms with E-state index in [-0.39, 0.29) is 42.7 Å². The van der Waals surface area contributed by atoms with Gasteiger partial charge >= 0.3 is 16.1 Å². The Morgan fingerprint density at radius 3 is 2.21 bits per heavy atom. The lowest BCUT2D eigenvalue weighted by Gasteiger charge is -2.55. The van der Waals surface area contributed by atoms with Gasteiger partial charge < -0.3 is 18.4 Å². The number of hydrogen-bond donors (Lipinski definition) is 0. The van der Waals surface area contributed by atoms with Crippen molar-refractivity contribution in [3.63, 3.8) is 0 Å². The molecule has 1 saturated heterocycles. The van der Waals surface area contributed by atoms with Crippen LogP contribution in [0.2, 0.25) is 0 Å². The molecule has 1 amide bonds. The van der Waals surface area contributed by atoms with E-state index in [0.717, 1.165) is 6.26 Å². The second-order valence-electron chi connectivity index (χ2n) is 8.93. The summed E-state index contributed by atoms with van der Waals surface area (Å²) in [5.74, 6) is -1.63. The molecule has 0 aromatic heterocycles. The number of β-lactam (4-membered cyclic amide) rings is 1. The normalized spacial score (nSPS) is 16.8. The number of carbonyl (C=O) groups is 2. The van der Waals surface area contributed by atoms with E-state index in [1.807, 2.05) is 20.8 Å². The van der Waals surface area contributed by atoms with Crippen molar-refractivity contribution in [3.8, 4) is 0 Å². The molecule has 2 rings (SSSR count). The van der Waals surface area contributed by atoms with Crippen LogP contribution in [0.5, 0.6) is 0 Å². The fourth-order valence-electron chi connectivity index (χ4n) is 4.56. The van der Waals surface area contributed by atoms with Crippen LogP contribution < -0.4 is 0 Å². The van der Waals surface area contributed by atoms with Crippen LogP contribution in [0.15, 0.2) is 35.7 Å². The summed E-state index contributed by atoms with van der Waals surface area (Å²) in [6, 6.07) is 6.06. The summed E-state index contributed by atoms with van der Waals surface area (Å²) in [4.78, 5) is 38.6. The number of likely N-dealkylation sites (tertiary alicyclic amines) is 1. The number of non-ortho nitro benzene ring substituents is 1. The Bertz CT molecular complexity index is 1160. The lowest BCUT2D eigenvalue weighted by atomic mass is 9.65. The fourth-order valence-corrected chi connectivity index (χ4v) is 5.09. The minimum Gasteiger partial charge on any atom is -0.456 e. The minimum absolute atomic E-state index is 0.0681. The van der Waals surface area contributed by atoms with Gasteiger partial charge in [-0.05, 0) is 50.8 Å². The summed E-state index contributed by atoms with van der Waals surface area (Å²) in [6.07, 6.45) is 1.51. The van der Waals surface area contributed by atoms with Gasteiger partial charge in [-0.3, -0.25) is 19.8 Å².